The zero-order valence-electron chi connectivity index (χ0n) is 17.2. The number of piperazine rings is 1. The molecule has 32 heavy (non-hydrogen) atoms. The summed E-state index contributed by atoms with van der Waals surface area (Å²) < 4.78 is 7.28. The average Bonchev–Trinajstić information content (AvgIpc) is 2.72. The van der Waals surface area contributed by atoms with Gasteiger partial charge in [-0.3, -0.25) is 9.59 Å². The molecule has 0 spiro atoms. The number of nitrogens with one attached hydrogen (secondary N) is 1. The first kappa shape index (κ1) is 24.3. The number of hydrogen-bond donors (Lipinski definition) is 2. The first-order chi connectivity index (χ1) is 15.1. The van der Waals surface area contributed by atoms with E-state index >= 15 is 0 Å². The Labute approximate surface area is 195 Å². The largest absolute Gasteiger partial charge is 0.465 e. The van der Waals surface area contributed by atoms with Crippen LogP contribution < -0.4 is 10.1 Å². The van der Waals surface area contributed by atoms with Gasteiger partial charge in [-0.1, -0.05) is 6.07 Å². The minimum Gasteiger partial charge on any atom is -0.465 e. The van der Waals surface area contributed by atoms with Gasteiger partial charge in [0.15, 0.2) is 15.7 Å². The molecular formula is C19H18B4N4O4S. The van der Waals surface area contributed by atoms with Crippen molar-refractivity contribution in [2.24, 2.45) is 0 Å². The Bertz CT molecular complexity index is 1020. The molecule has 156 valence electrons. The molecule has 0 unspecified atom stereocenters. The van der Waals surface area contributed by atoms with Gasteiger partial charge in [0.1, 0.15) is 5.59 Å². The minimum absolute atomic E-state index is 0.120. The van der Waals surface area contributed by atoms with E-state index in [1.807, 2.05) is 18.2 Å². The van der Waals surface area contributed by atoms with Gasteiger partial charge in [-0.15, -0.1) is 0 Å². The van der Waals surface area contributed by atoms with E-state index in [-0.39, 0.29) is 23.7 Å². The fourth-order valence-electron chi connectivity index (χ4n) is 3.11. The number of hydrogen-bond acceptors (Lipinski definition) is 7. The summed E-state index contributed by atoms with van der Waals surface area (Å²) in [5.41, 5.74) is -2.33. The van der Waals surface area contributed by atoms with Gasteiger partial charge in [0.05, 0.1) is 22.2 Å². The monoisotopic (exact) mass is 442 g/mol. The van der Waals surface area contributed by atoms with Crippen LogP contribution in [0.4, 0.5) is 0 Å². The predicted molar refractivity (Wildman–Crippen MR) is 125 cm³/mol. The lowest BCUT2D eigenvalue weighted by Crippen LogP contribution is -2.49. The Balaban J connectivity index is 1.59. The van der Waals surface area contributed by atoms with Crippen molar-refractivity contribution in [1.82, 2.24) is 19.5 Å². The molecule has 0 atom stereocenters. The van der Waals surface area contributed by atoms with Crippen molar-refractivity contribution in [2.75, 3.05) is 32.7 Å². The number of pyridine rings is 1. The number of amides is 2. The summed E-state index contributed by atoms with van der Waals surface area (Å²) >= 11 is 1.54. The number of fused-ring (bicyclic) bond motifs is 1. The fraction of sp³-hybridized carbons (Fsp3) is 0.316. The molecule has 1 aromatic carbocycles. The number of ether oxygens (including phenoxy) is 1. The molecule has 2 heterocycles. The maximum atomic E-state index is 12.3. The average molecular weight is 442 g/mol. The predicted octanol–water partition coefficient (Wildman–Crippen LogP) is -1.000. The molecule has 3 rings (SSSR count). The smallest absolute Gasteiger partial charge is 0.242 e. The zero-order valence-corrected chi connectivity index (χ0v) is 18.0. The second-order valence-corrected chi connectivity index (χ2v) is 8.22. The third-order valence-corrected chi connectivity index (χ3v) is 5.70. The van der Waals surface area contributed by atoms with Crippen molar-refractivity contribution in [3.05, 3.63) is 41.9 Å². The van der Waals surface area contributed by atoms with Gasteiger partial charge >= 0.3 is 0 Å². The summed E-state index contributed by atoms with van der Waals surface area (Å²) in [7, 11) is 21.1. The van der Waals surface area contributed by atoms with Crippen LogP contribution in [0.25, 0.3) is 10.8 Å². The minimum atomic E-state index is -2.33. The number of rotatable bonds is 7. The molecule has 2 N–H and O–H groups in total. The number of aromatic nitrogens is 1. The van der Waals surface area contributed by atoms with E-state index < -0.39 is 11.5 Å². The van der Waals surface area contributed by atoms with E-state index in [0.29, 0.717) is 31.6 Å². The molecule has 1 aromatic heterocycles. The molecule has 2 aromatic rings. The normalized spacial score (nSPS) is 14.7. The fourth-order valence-corrected chi connectivity index (χ4v) is 4.15. The van der Waals surface area contributed by atoms with E-state index in [1.54, 1.807) is 29.1 Å². The highest BCUT2D eigenvalue weighted by atomic mass is 32.2. The van der Waals surface area contributed by atoms with E-state index in [0.717, 1.165) is 16.4 Å². The van der Waals surface area contributed by atoms with Crippen molar-refractivity contribution in [1.29, 1.82) is 0 Å². The molecule has 8 radical (unpaired) electrons. The van der Waals surface area contributed by atoms with Crippen LogP contribution in [-0.4, -0.2) is 101 Å². The second-order valence-electron chi connectivity index (χ2n) is 7.08. The maximum Gasteiger partial charge on any atom is 0.242 e. The van der Waals surface area contributed by atoms with Crippen LogP contribution in [0.5, 0.6) is 5.88 Å². The maximum absolute atomic E-state index is 12.3. The van der Waals surface area contributed by atoms with Crippen LogP contribution >= 0.6 is 11.9 Å². The second kappa shape index (κ2) is 10.5. The molecule has 1 aliphatic heterocycles. The molecule has 1 saturated heterocycles. The molecular weight excluding hydrogens is 424 g/mol. The van der Waals surface area contributed by atoms with Crippen LogP contribution in [-0.2, 0) is 9.59 Å². The van der Waals surface area contributed by atoms with Crippen LogP contribution in [0.1, 0.15) is 0 Å². The molecule has 13 heteroatoms. The van der Waals surface area contributed by atoms with Gasteiger partial charge in [-0.2, -0.15) is 5.37 Å². The quantitative estimate of drug-likeness (QED) is 0.246. The van der Waals surface area contributed by atoms with Gasteiger partial charge in [-0.25, -0.2) is 9.29 Å². The lowest BCUT2D eigenvalue weighted by Gasteiger charge is -2.34. The lowest BCUT2D eigenvalue weighted by atomic mass is 9.77. The summed E-state index contributed by atoms with van der Waals surface area (Å²) in [6.07, 6.45) is 2.57. The van der Waals surface area contributed by atoms with Crippen molar-refractivity contribution in [2.45, 2.75) is 10.5 Å². The molecule has 8 nitrogen and oxygen atoms in total. The van der Waals surface area contributed by atoms with E-state index in [2.05, 4.69) is 14.6 Å². The van der Waals surface area contributed by atoms with Crippen molar-refractivity contribution in [3.8, 4) is 5.88 Å². The van der Waals surface area contributed by atoms with Crippen molar-refractivity contribution in [3.63, 3.8) is 0 Å². The first-order valence-corrected chi connectivity index (χ1v) is 10.5. The van der Waals surface area contributed by atoms with Gasteiger partial charge in [0.25, 0.3) is 0 Å². The Kier molecular flexibility index (Phi) is 7.97. The summed E-state index contributed by atoms with van der Waals surface area (Å²) in [4.78, 5) is 30.6. The van der Waals surface area contributed by atoms with Crippen LogP contribution in [0.15, 0.2) is 46.8 Å². The summed E-state index contributed by atoms with van der Waals surface area (Å²) in [6, 6.07) is 7.43. The highest BCUT2D eigenvalue weighted by Gasteiger charge is 2.23. The van der Waals surface area contributed by atoms with E-state index in [9.17, 15) is 14.7 Å². The molecule has 0 aliphatic carbocycles. The van der Waals surface area contributed by atoms with E-state index in [4.69, 9.17) is 36.1 Å². The van der Waals surface area contributed by atoms with Gasteiger partial charge in [-0.05, 0) is 36.2 Å². The van der Waals surface area contributed by atoms with Crippen molar-refractivity contribution >= 4 is 65.9 Å². The van der Waals surface area contributed by atoms with Gasteiger partial charge < -0.3 is 20.1 Å². The molecule has 0 bridgehead atoms. The number of aliphatic hydroxyl groups is 1. The first-order valence-electron chi connectivity index (χ1n) is 9.70. The van der Waals surface area contributed by atoms with Crippen LogP contribution in [0, 0.1) is 0 Å². The lowest BCUT2D eigenvalue weighted by molar-refractivity contribution is -0.133. The molecule has 1 aliphatic rings. The summed E-state index contributed by atoms with van der Waals surface area (Å²) in [5.74, 6) is -0.564. The highest BCUT2D eigenvalue weighted by molar-refractivity contribution is 7.97. The Hall–Kier alpha value is -2.36. The third kappa shape index (κ3) is 6.82. The standard InChI is InChI=1S/C19H18B4N4O4S/c20-15(21)10-16(28)25-11-17(29)26-6-8-27(9-7-26)32-14-3-1-2-13-12(14)4-5-24-18(13)31-19(22,23)30/h1-5,10,30H,6-9,11H2,(H,25,28). The van der Waals surface area contributed by atoms with Crippen LogP contribution in [0.2, 0.25) is 0 Å². The SMILES string of the molecule is [B]C([B])=CC(=O)NCC(=O)N1CCN(Sc2cccc3c(OC([B])([B])O)nccc23)CC1. The number of nitrogens with zero attached hydrogens (tertiary/aromatic N) is 3. The Morgan fingerprint density at radius 2 is 1.91 bits per heavy atom. The molecule has 1 fully saturated rings. The van der Waals surface area contributed by atoms with Crippen LogP contribution in [0.3, 0.4) is 0 Å². The Morgan fingerprint density at radius 3 is 2.56 bits per heavy atom. The zero-order chi connectivity index (χ0) is 23.3. The summed E-state index contributed by atoms with van der Waals surface area (Å²) in [5, 5.41) is 13.4. The molecule has 2 amide bonds. The van der Waals surface area contributed by atoms with E-state index in [1.165, 1.54) is 0 Å². The third-order valence-electron chi connectivity index (χ3n) is 4.52. The highest BCUT2D eigenvalue weighted by Crippen LogP contribution is 2.34. The number of carbonyl (C=O) groups excluding carboxylic acids is 2. The number of benzene rings is 1. The molecule has 0 saturated carbocycles. The Morgan fingerprint density at radius 1 is 1.19 bits per heavy atom. The topological polar surface area (TPSA) is 95.0 Å². The number of carbonyl (C=O) groups is 2. The summed E-state index contributed by atoms with van der Waals surface area (Å²) in [6.45, 7) is 2.19. The van der Waals surface area contributed by atoms with Gasteiger partial charge in [0, 0.05) is 48.0 Å². The van der Waals surface area contributed by atoms with Gasteiger partial charge in [0.2, 0.25) is 17.7 Å². The van der Waals surface area contributed by atoms with Crippen molar-refractivity contribution < 1.29 is 19.4 Å².